The largest absolute Gasteiger partial charge is 0.466 e. The summed E-state index contributed by atoms with van der Waals surface area (Å²) < 4.78 is 31.7. The van der Waals surface area contributed by atoms with Gasteiger partial charge in [0.05, 0.1) is 17.5 Å². The Morgan fingerprint density at radius 3 is 2.48 bits per heavy atom. The smallest absolute Gasteiger partial charge is 0.330 e. The lowest BCUT2D eigenvalue weighted by Crippen LogP contribution is -2.11. The van der Waals surface area contributed by atoms with Crippen LogP contribution in [0.2, 0.25) is 0 Å². The zero-order chi connectivity index (χ0) is 18.0. The third-order valence-corrected chi connectivity index (χ3v) is 5.61. The monoisotopic (exact) mass is 355 g/mol. The average molecular weight is 355 g/mol. The van der Waals surface area contributed by atoms with Crippen LogP contribution in [0.4, 0.5) is 0 Å². The maximum Gasteiger partial charge on any atom is 0.330 e. The van der Waals surface area contributed by atoms with Crippen LogP contribution in [-0.2, 0) is 19.6 Å². The van der Waals surface area contributed by atoms with Crippen LogP contribution in [0.5, 0.6) is 0 Å². The zero-order valence-electron chi connectivity index (χ0n) is 13.8. The molecule has 0 radical (unpaired) electrons. The second-order valence-corrected chi connectivity index (χ2v) is 7.38. The molecule has 25 heavy (non-hydrogen) atoms. The van der Waals surface area contributed by atoms with E-state index in [2.05, 4.69) is 4.74 Å². The van der Waals surface area contributed by atoms with E-state index in [1.807, 2.05) is 13.0 Å². The fourth-order valence-electron chi connectivity index (χ4n) is 2.57. The minimum atomic E-state index is -3.69. The number of carbonyl (C=O) groups excluding carboxylic acids is 1. The van der Waals surface area contributed by atoms with Crippen molar-refractivity contribution in [3.63, 3.8) is 0 Å². The quantitative estimate of drug-likeness (QED) is 0.532. The molecule has 128 valence electrons. The molecule has 1 heterocycles. The van der Waals surface area contributed by atoms with Gasteiger partial charge in [0.2, 0.25) is 0 Å². The Bertz CT molecular complexity index is 1060. The second-order valence-electron chi connectivity index (χ2n) is 5.57. The van der Waals surface area contributed by atoms with Crippen LogP contribution in [0.1, 0.15) is 11.1 Å². The highest BCUT2D eigenvalue weighted by Gasteiger charge is 2.19. The number of nitrogens with zero attached hydrogens (tertiary/aromatic N) is 1. The lowest BCUT2D eigenvalue weighted by molar-refractivity contribution is -0.134. The molecule has 0 aliphatic heterocycles. The fraction of sp³-hybridized carbons (Fsp3) is 0.105. The molecule has 0 amide bonds. The van der Waals surface area contributed by atoms with Gasteiger partial charge in [0.15, 0.2) is 0 Å². The van der Waals surface area contributed by atoms with E-state index in [0.29, 0.717) is 5.52 Å². The average Bonchev–Trinajstić information content (AvgIpc) is 3.05. The van der Waals surface area contributed by atoms with Crippen molar-refractivity contribution in [2.24, 2.45) is 0 Å². The first-order valence-electron chi connectivity index (χ1n) is 7.62. The SMILES string of the molecule is COC(=O)/C=C/c1cccc2c1ccn2S(=O)(=O)c1ccc(C)cc1. The van der Waals surface area contributed by atoms with Gasteiger partial charge in [0.1, 0.15) is 0 Å². The van der Waals surface area contributed by atoms with E-state index in [1.165, 1.54) is 23.4 Å². The molecule has 3 rings (SSSR count). The highest BCUT2D eigenvalue weighted by molar-refractivity contribution is 7.90. The molecule has 5 nitrogen and oxygen atoms in total. The van der Waals surface area contributed by atoms with Crippen molar-refractivity contribution in [1.29, 1.82) is 0 Å². The van der Waals surface area contributed by atoms with E-state index in [9.17, 15) is 13.2 Å². The first kappa shape index (κ1) is 17.0. The molecule has 6 heteroatoms. The number of rotatable bonds is 4. The van der Waals surface area contributed by atoms with Gasteiger partial charge in [-0.3, -0.25) is 0 Å². The van der Waals surface area contributed by atoms with E-state index >= 15 is 0 Å². The summed E-state index contributed by atoms with van der Waals surface area (Å²) >= 11 is 0. The molecule has 0 unspecified atom stereocenters. The first-order chi connectivity index (χ1) is 11.9. The third kappa shape index (κ3) is 3.21. The van der Waals surface area contributed by atoms with Crippen molar-refractivity contribution in [3.8, 4) is 0 Å². The Morgan fingerprint density at radius 1 is 1.08 bits per heavy atom. The van der Waals surface area contributed by atoms with Gasteiger partial charge in [-0.15, -0.1) is 0 Å². The number of carbonyl (C=O) groups is 1. The topological polar surface area (TPSA) is 65.4 Å². The van der Waals surface area contributed by atoms with Crippen LogP contribution >= 0.6 is 0 Å². The maximum absolute atomic E-state index is 12.9. The zero-order valence-corrected chi connectivity index (χ0v) is 14.7. The number of esters is 1. The number of fused-ring (bicyclic) bond motifs is 1. The van der Waals surface area contributed by atoms with Crippen LogP contribution in [0.25, 0.3) is 17.0 Å². The number of ether oxygens (including phenoxy) is 1. The van der Waals surface area contributed by atoms with E-state index in [0.717, 1.165) is 16.5 Å². The van der Waals surface area contributed by atoms with Crippen molar-refractivity contribution < 1.29 is 17.9 Å². The van der Waals surface area contributed by atoms with Crippen molar-refractivity contribution in [2.45, 2.75) is 11.8 Å². The number of hydrogen-bond donors (Lipinski definition) is 0. The van der Waals surface area contributed by atoms with Gasteiger partial charge in [-0.25, -0.2) is 17.2 Å². The number of aromatic nitrogens is 1. The van der Waals surface area contributed by atoms with E-state index in [1.54, 1.807) is 48.5 Å². The van der Waals surface area contributed by atoms with Gasteiger partial charge in [-0.2, -0.15) is 0 Å². The van der Waals surface area contributed by atoms with Crippen molar-refractivity contribution in [1.82, 2.24) is 3.97 Å². The number of benzene rings is 2. The Labute approximate surface area is 146 Å². The fourth-order valence-corrected chi connectivity index (χ4v) is 3.92. The summed E-state index contributed by atoms with van der Waals surface area (Å²) in [5, 5.41) is 0.735. The Balaban J connectivity index is 2.11. The Kier molecular flexibility index (Phi) is 4.46. The number of aryl methyl sites for hydroxylation is 1. The molecule has 0 aliphatic rings. The highest BCUT2D eigenvalue weighted by atomic mass is 32.2. The van der Waals surface area contributed by atoms with Crippen LogP contribution in [0.15, 0.2) is 65.7 Å². The molecule has 1 aromatic heterocycles. The normalized spacial score (nSPS) is 11.9. The molecule has 0 bridgehead atoms. The molecule has 0 atom stereocenters. The van der Waals surface area contributed by atoms with E-state index < -0.39 is 16.0 Å². The van der Waals surface area contributed by atoms with Gasteiger partial charge in [-0.05, 0) is 42.8 Å². The van der Waals surface area contributed by atoms with Crippen LogP contribution < -0.4 is 0 Å². The Morgan fingerprint density at radius 2 is 1.80 bits per heavy atom. The minimum absolute atomic E-state index is 0.228. The molecule has 0 N–H and O–H groups in total. The lowest BCUT2D eigenvalue weighted by atomic mass is 10.1. The van der Waals surface area contributed by atoms with Gasteiger partial charge >= 0.3 is 5.97 Å². The molecule has 0 fully saturated rings. The van der Waals surface area contributed by atoms with Crippen LogP contribution in [0, 0.1) is 6.92 Å². The molecule has 0 saturated heterocycles. The number of methoxy groups -OCH3 is 1. The van der Waals surface area contributed by atoms with Crippen molar-refractivity contribution in [2.75, 3.05) is 7.11 Å². The van der Waals surface area contributed by atoms with Gasteiger partial charge in [0.25, 0.3) is 10.0 Å². The summed E-state index contributed by atoms with van der Waals surface area (Å²) in [5.41, 5.74) is 2.28. The van der Waals surface area contributed by atoms with Crippen LogP contribution in [0.3, 0.4) is 0 Å². The predicted molar refractivity (Wildman–Crippen MR) is 96.8 cm³/mol. The van der Waals surface area contributed by atoms with E-state index in [4.69, 9.17) is 0 Å². The highest BCUT2D eigenvalue weighted by Crippen LogP contribution is 2.25. The lowest BCUT2D eigenvalue weighted by Gasteiger charge is -2.08. The molecule has 2 aromatic carbocycles. The second kappa shape index (κ2) is 6.57. The van der Waals surface area contributed by atoms with Gasteiger partial charge < -0.3 is 4.74 Å². The summed E-state index contributed by atoms with van der Waals surface area (Å²) in [6, 6.07) is 13.7. The van der Waals surface area contributed by atoms with Gasteiger partial charge in [0, 0.05) is 17.7 Å². The molecular formula is C19H17NO4S. The summed E-state index contributed by atoms with van der Waals surface area (Å²) in [6.07, 6.45) is 4.44. The standard InChI is InChI=1S/C19H17NO4S/c1-14-6-9-16(10-7-14)25(22,23)20-13-12-17-15(4-3-5-18(17)20)8-11-19(21)24-2/h3-13H,1-2H3/b11-8+. The molecule has 0 saturated carbocycles. The summed E-state index contributed by atoms with van der Waals surface area (Å²) in [5.74, 6) is -0.469. The van der Waals surface area contributed by atoms with Crippen LogP contribution in [-0.4, -0.2) is 25.5 Å². The molecule has 0 aliphatic carbocycles. The summed E-state index contributed by atoms with van der Waals surface area (Å²) in [7, 11) is -2.39. The molecule has 0 spiro atoms. The number of hydrogen-bond acceptors (Lipinski definition) is 4. The van der Waals surface area contributed by atoms with Crippen molar-refractivity contribution >= 4 is 33.0 Å². The minimum Gasteiger partial charge on any atom is -0.466 e. The predicted octanol–water partition coefficient (Wildman–Crippen LogP) is 3.37. The van der Waals surface area contributed by atoms with Gasteiger partial charge in [-0.1, -0.05) is 29.8 Å². The third-order valence-electron chi connectivity index (χ3n) is 3.91. The van der Waals surface area contributed by atoms with E-state index in [-0.39, 0.29) is 4.90 Å². The van der Waals surface area contributed by atoms with Crippen molar-refractivity contribution in [3.05, 3.63) is 71.9 Å². The molecular weight excluding hydrogens is 338 g/mol. The summed E-state index contributed by atoms with van der Waals surface area (Å²) in [6.45, 7) is 1.90. The first-order valence-corrected chi connectivity index (χ1v) is 9.06. The molecule has 3 aromatic rings. The summed E-state index contributed by atoms with van der Waals surface area (Å²) in [4.78, 5) is 11.5. The maximum atomic E-state index is 12.9. The Hall–Kier alpha value is -2.86.